The fraction of sp³-hybridized carbons (Fsp3) is 0.455. The number of ether oxygens (including phenoxy) is 2. The standard InChI is InChI=1S/C11H17N3O3/c1-16-6-7-17-5-4-14-11(15)10-8-9(12)2-3-13-10/h2-3,8H,4-7H2,1H3,(H2,12,13)(H,14,15). The number of nitrogens with one attached hydrogen (secondary N) is 1. The van der Waals surface area contributed by atoms with E-state index in [1.54, 1.807) is 13.2 Å². The van der Waals surface area contributed by atoms with E-state index in [4.69, 9.17) is 15.2 Å². The third kappa shape index (κ3) is 5.28. The molecule has 0 aliphatic heterocycles. The molecule has 0 saturated heterocycles. The lowest BCUT2D eigenvalue weighted by Crippen LogP contribution is -2.28. The van der Waals surface area contributed by atoms with Crippen molar-refractivity contribution in [2.45, 2.75) is 0 Å². The molecule has 1 heterocycles. The molecule has 0 fully saturated rings. The summed E-state index contributed by atoms with van der Waals surface area (Å²) < 4.78 is 10.0. The average molecular weight is 239 g/mol. The minimum absolute atomic E-state index is 0.257. The van der Waals surface area contributed by atoms with Crippen LogP contribution in [-0.4, -0.2) is 44.4 Å². The lowest BCUT2D eigenvalue weighted by molar-refractivity contribution is 0.0692. The number of carbonyl (C=O) groups is 1. The third-order valence-electron chi connectivity index (χ3n) is 1.98. The van der Waals surface area contributed by atoms with Gasteiger partial charge < -0.3 is 20.5 Å². The van der Waals surface area contributed by atoms with Crippen molar-refractivity contribution in [3.8, 4) is 0 Å². The van der Waals surface area contributed by atoms with E-state index in [2.05, 4.69) is 10.3 Å². The summed E-state index contributed by atoms with van der Waals surface area (Å²) in [5.74, 6) is -0.257. The molecule has 0 unspecified atom stereocenters. The van der Waals surface area contributed by atoms with Gasteiger partial charge in [-0.25, -0.2) is 0 Å². The molecule has 17 heavy (non-hydrogen) atoms. The first-order valence-electron chi connectivity index (χ1n) is 5.30. The normalized spacial score (nSPS) is 10.2. The van der Waals surface area contributed by atoms with Crippen LogP contribution in [0.4, 0.5) is 5.69 Å². The smallest absolute Gasteiger partial charge is 0.270 e. The Bertz CT molecular complexity index is 358. The maximum Gasteiger partial charge on any atom is 0.270 e. The zero-order chi connectivity index (χ0) is 12.5. The van der Waals surface area contributed by atoms with Crippen LogP contribution in [0.25, 0.3) is 0 Å². The Morgan fingerprint density at radius 2 is 2.29 bits per heavy atom. The van der Waals surface area contributed by atoms with Crippen molar-refractivity contribution < 1.29 is 14.3 Å². The Balaban J connectivity index is 2.21. The highest BCUT2D eigenvalue weighted by Gasteiger charge is 2.05. The van der Waals surface area contributed by atoms with E-state index in [1.165, 1.54) is 12.3 Å². The first-order valence-corrected chi connectivity index (χ1v) is 5.30. The van der Waals surface area contributed by atoms with Gasteiger partial charge in [0.15, 0.2) is 0 Å². The Morgan fingerprint density at radius 3 is 3.00 bits per heavy atom. The van der Waals surface area contributed by atoms with Crippen molar-refractivity contribution in [3.05, 3.63) is 24.0 Å². The highest BCUT2D eigenvalue weighted by Crippen LogP contribution is 2.02. The van der Waals surface area contributed by atoms with Crippen LogP contribution in [0.15, 0.2) is 18.3 Å². The first kappa shape index (κ1) is 13.4. The summed E-state index contributed by atoms with van der Waals surface area (Å²) in [6, 6.07) is 3.16. The van der Waals surface area contributed by atoms with Crippen molar-refractivity contribution in [2.24, 2.45) is 0 Å². The van der Waals surface area contributed by atoms with Crippen LogP contribution in [-0.2, 0) is 9.47 Å². The number of methoxy groups -OCH3 is 1. The number of aromatic nitrogens is 1. The van der Waals surface area contributed by atoms with Gasteiger partial charge in [0.05, 0.1) is 19.8 Å². The van der Waals surface area contributed by atoms with Crippen LogP contribution in [0.2, 0.25) is 0 Å². The summed E-state index contributed by atoms with van der Waals surface area (Å²) >= 11 is 0. The molecule has 1 rings (SSSR count). The molecule has 6 heteroatoms. The average Bonchev–Trinajstić information content (AvgIpc) is 2.33. The van der Waals surface area contributed by atoms with E-state index >= 15 is 0 Å². The highest BCUT2D eigenvalue weighted by atomic mass is 16.5. The summed E-state index contributed by atoms with van der Waals surface area (Å²) in [6.07, 6.45) is 1.50. The number of nitrogens with two attached hydrogens (primary N) is 1. The SMILES string of the molecule is COCCOCCNC(=O)c1cc(N)ccn1. The Morgan fingerprint density at radius 1 is 1.47 bits per heavy atom. The molecule has 0 saturated carbocycles. The van der Waals surface area contributed by atoms with Gasteiger partial charge in [-0.3, -0.25) is 9.78 Å². The van der Waals surface area contributed by atoms with Gasteiger partial charge in [-0.15, -0.1) is 0 Å². The van der Waals surface area contributed by atoms with Gasteiger partial charge in [-0.1, -0.05) is 0 Å². The van der Waals surface area contributed by atoms with E-state index in [0.29, 0.717) is 37.7 Å². The molecule has 0 radical (unpaired) electrons. The van der Waals surface area contributed by atoms with Crippen LogP contribution >= 0.6 is 0 Å². The van der Waals surface area contributed by atoms with Crippen LogP contribution < -0.4 is 11.1 Å². The molecule has 0 aliphatic rings. The van der Waals surface area contributed by atoms with E-state index in [-0.39, 0.29) is 5.91 Å². The number of amides is 1. The Labute approximate surface area is 100 Å². The molecular weight excluding hydrogens is 222 g/mol. The molecule has 0 atom stereocenters. The van der Waals surface area contributed by atoms with E-state index in [0.717, 1.165) is 0 Å². The van der Waals surface area contributed by atoms with Crippen molar-refractivity contribution in [3.63, 3.8) is 0 Å². The van der Waals surface area contributed by atoms with Gasteiger partial charge >= 0.3 is 0 Å². The molecule has 3 N–H and O–H groups in total. The van der Waals surface area contributed by atoms with E-state index < -0.39 is 0 Å². The van der Waals surface area contributed by atoms with Crippen LogP contribution in [0.1, 0.15) is 10.5 Å². The fourth-order valence-electron chi connectivity index (χ4n) is 1.14. The van der Waals surface area contributed by atoms with Crippen molar-refractivity contribution in [1.29, 1.82) is 0 Å². The minimum atomic E-state index is -0.257. The first-order chi connectivity index (χ1) is 8.24. The van der Waals surface area contributed by atoms with E-state index in [1.807, 2.05) is 0 Å². The zero-order valence-electron chi connectivity index (χ0n) is 9.81. The second-order valence-electron chi connectivity index (χ2n) is 3.34. The van der Waals surface area contributed by atoms with Gasteiger partial charge in [-0.05, 0) is 12.1 Å². The molecule has 0 spiro atoms. The molecule has 1 aromatic heterocycles. The Hall–Kier alpha value is -1.66. The number of nitrogen functional groups attached to an aromatic ring is 1. The Kier molecular flexibility index (Phi) is 5.98. The second-order valence-corrected chi connectivity index (χ2v) is 3.34. The number of hydrogen-bond acceptors (Lipinski definition) is 5. The summed E-state index contributed by atoms with van der Waals surface area (Å²) in [6.45, 7) is 1.93. The lowest BCUT2D eigenvalue weighted by atomic mass is 10.3. The molecule has 94 valence electrons. The number of rotatable bonds is 7. The summed E-state index contributed by atoms with van der Waals surface area (Å²) in [7, 11) is 1.61. The highest BCUT2D eigenvalue weighted by molar-refractivity contribution is 5.92. The maximum atomic E-state index is 11.6. The van der Waals surface area contributed by atoms with Gasteiger partial charge in [0.1, 0.15) is 5.69 Å². The van der Waals surface area contributed by atoms with Gasteiger partial charge in [0.2, 0.25) is 0 Å². The van der Waals surface area contributed by atoms with Gasteiger partial charge in [0, 0.05) is 25.5 Å². The van der Waals surface area contributed by atoms with Gasteiger partial charge in [-0.2, -0.15) is 0 Å². The molecule has 0 aliphatic carbocycles. The van der Waals surface area contributed by atoms with Crippen LogP contribution in [0.3, 0.4) is 0 Å². The summed E-state index contributed by atoms with van der Waals surface area (Å²) in [5, 5.41) is 2.68. The number of anilines is 1. The monoisotopic (exact) mass is 239 g/mol. The lowest BCUT2D eigenvalue weighted by Gasteiger charge is -2.06. The molecule has 1 aromatic rings. The van der Waals surface area contributed by atoms with Crippen LogP contribution in [0.5, 0.6) is 0 Å². The number of hydrogen-bond donors (Lipinski definition) is 2. The quantitative estimate of drug-likeness (QED) is 0.657. The molecule has 0 bridgehead atoms. The molecule has 0 aromatic carbocycles. The third-order valence-corrected chi connectivity index (χ3v) is 1.98. The summed E-state index contributed by atoms with van der Waals surface area (Å²) in [4.78, 5) is 15.5. The minimum Gasteiger partial charge on any atom is -0.399 e. The van der Waals surface area contributed by atoms with E-state index in [9.17, 15) is 4.79 Å². The van der Waals surface area contributed by atoms with Gasteiger partial charge in [0.25, 0.3) is 5.91 Å². The number of nitrogens with zero attached hydrogens (tertiary/aromatic N) is 1. The second kappa shape index (κ2) is 7.59. The predicted octanol–water partition coefficient (Wildman–Crippen LogP) is 0.0566. The number of carbonyl (C=O) groups excluding carboxylic acids is 1. The molecular formula is C11H17N3O3. The predicted molar refractivity (Wildman–Crippen MR) is 63.7 cm³/mol. The molecule has 6 nitrogen and oxygen atoms in total. The number of pyridine rings is 1. The van der Waals surface area contributed by atoms with Crippen LogP contribution in [0, 0.1) is 0 Å². The maximum absolute atomic E-state index is 11.6. The molecule has 1 amide bonds. The van der Waals surface area contributed by atoms with Crippen molar-refractivity contribution in [1.82, 2.24) is 10.3 Å². The van der Waals surface area contributed by atoms with Crippen molar-refractivity contribution >= 4 is 11.6 Å². The fourth-order valence-corrected chi connectivity index (χ4v) is 1.14. The summed E-state index contributed by atoms with van der Waals surface area (Å²) in [5.41, 5.74) is 6.37. The largest absolute Gasteiger partial charge is 0.399 e. The zero-order valence-corrected chi connectivity index (χ0v) is 9.81. The topological polar surface area (TPSA) is 86.5 Å². The van der Waals surface area contributed by atoms with Crippen molar-refractivity contribution in [2.75, 3.05) is 39.2 Å².